The van der Waals surface area contributed by atoms with Gasteiger partial charge < -0.3 is 24.6 Å². The van der Waals surface area contributed by atoms with E-state index in [4.69, 9.17) is 14.2 Å². The second-order valence-corrected chi connectivity index (χ2v) is 8.06. The minimum absolute atomic E-state index is 0.211. The molecule has 1 aliphatic carbocycles. The van der Waals surface area contributed by atoms with Gasteiger partial charge in [-0.15, -0.1) is 0 Å². The number of carboxylic acid groups (broad SMARTS) is 1. The third-order valence-electron chi connectivity index (χ3n) is 5.80. The highest BCUT2D eigenvalue weighted by molar-refractivity contribution is 5.83. The lowest BCUT2D eigenvalue weighted by Gasteiger charge is -2.35. The maximum Gasteiger partial charge on any atom is 0.329 e. The Kier molecular flexibility index (Phi) is 6.43. The van der Waals surface area contributed by atoms with Crippen LogP contribution in [0.15, 0.2) is 36.4 Å². The van der Waals surface area contributed by atoms with Gasteiger partial charge in [-0.3, -0.25) is 0 Å². The predicted octanol–water partition coefficient (Wildman–Crippen LogP) is 4.62. The van der Waals surface area contributed by atoms with Crippen LogP contribution >= 0.6 is 0 Å². The van der Waals surface area contributed by atoms with Gasteiger partial charge in [-0.1, -0.05) is 18.2 Å². The van der Waals surface area contributed by atoms with Crippen LogP contribution in [0.1, 0.15) is 38.2 Å². The number of halogens is 1. The van der Waals surface area contributed by atoms with Gasteiger partial charge in [0.1, 0.15) is 5.54 Å². The normalized spacial score (nSPS) is 17.9. The molecule has 6 nitrogen and oxygen atoms in total. The molecule has 1 aliphatic heterocycles. The molecule has 166 valence electrons. The van der Waals surface area contributed by atoms with Crippen LogP contribution < -0.4 is 10.1 Å². The standard InChI is InChI=1S/C24H28FNO5/c1-2-30-21-5-3-4-20(22(21)25)19-9-6-17(14-16(19)15-31-18-7-8-18)26-24(23(27)28)10-12-29-13-11-24/h3-6,9,14,18,26H,2,7-8,10-13,15H2,1H3,(H,27,28). The summed E-state index contributed by atoms with van der Waals surface area (Å²) < 4.78 is 31.8. The first-order valence-electron chi connectivity index (χ1n) is 10.8. The predicted molar refractivity (Wildman–Crippen MR) is 115 cm³/mol. The number of hydrogen-bond donors (Lipinski definition) is 2. The van der Waals surface area contributed by atoms with Crippen molar-refractivity contribution in [1.82, 2.24) is 0 Å². The zero-order chi connectivity index (χ0) is 21.8. The lowest BCUT2D eigenvalue weighted by atomic mass is 9.89. The van der Waals surface area contributed by atoms with E-state index in [1.807, 2.05) is 19.1 Å². The van der Waals surface area contributed by atoms with E-state index >= 15 is 4.39 Å². The third-order valence-corrected chi connectivity index (χ3v) is 5.80. The number of carbonyl (C=O) groups is 1. The zero-order valence-electron chi connectivity index (χ0n) is 17.7. The molecular formula is C24H28FNO5. The van der Waals surface area contributed by atoms with E-state index < -0.39 is 17.3 Å². The summed E-state index contributed by atoms with van der Waals surface area (Å²) in [6, 6.07) is 10.6. The molecule has 2 aliphatic rings. The van der Waals surface area contributed by atoms with E-state index in [0.29, 0.717) is 56.1 Å². The van der Waals surface area contributed by atoms with Gasteiger partial charge in [0.05, 0.1) is 19.3 Å². The Balaban J connectivity index is 1.68. The van der Waals surface area contributed by atoms with Crippen molar-refractivity contribution in [1.29, 1.82) is 0 Å². The minimum atomic E-state index is -1.07. The molecule has 2 aromatic carbocycles. The van der Waals surface area contributed by atoms with Crippen LogP contribution in [0.2, 0.25) is 0 Å². The molecule has 0 unspecified atom stereocenters. The van der Waals surface area contributed by atoms with Gasteiger partial charge in [-0.2, -0.15) is 0 Å². The molecular weight excluding hydrogens is 401 g/mol. The smallest absolute Gasteiger partial charge is 0.329 e. The summed E-state index contributed by atoms with van der Waals surface area (Å²) in [7, 11) is 0. The Morgan fingerprint density at radius 2 is 2.00 bits per heavy atom. The number of carboxylic acids is 1. The van der Waals surface area contributed by atoms with E-state index in [-0.39, 0.29) is 11.9 Å². The molecule has 2 fully saturated rings. The first-order chi connectivity index (χ1) is 15.0. The summed E-state index contributed by atoms with van der Waals surface area (Å²) in [6.07, 6.45) is 3.06. The van der Waals surface area contributed by atoms with Crippen molar-refractivity contribution in [2.75, 3.05) is 25.1 Å². The summed E-state index contributed by atoms with van der Waals surface area (Å²) in [5.74, 6) is -1.10. The molecule has 1 saturated heterocycles. The van der Waals surface area contributed by atoms with Crippen LogP contribution in [-0.4, -0.2) is 42.5 Å². The topological polar surface area (TPSA) is 77.0 Å². The van der Waals surface area contributed by atoms with Crippen LogP contribution in [-0.2, 0) is 20.9 Å². The maximum absolute atomic E-state index is 15.1. The number of benzene rings is 2. The van der Waals surface area contributed by atoms with Crippen molar-refractivity contribution in [2.24, 2.45) is 0 Å². The second-order valence-electron chi connectivity index (χ2n) is 8.06. The number of ether oxygens (including phenoxy) is 3. The first kappa shape index (κ1) is 21.6. The van der Waals surface area contributed by atoms with Crippen molar-refractivity contribution < 1.29 is 28.5 Å². The molecule has 1 heterocycles. The van der Waals surface area contributed by atoms with Gasteiger partial charge in [0.15, 0.2) is 11.6 Å². The van der Waals surface area contributed by atoms with Crippen molar-refractivity contribution in [3.8, 4) is 16.9 Å². The third kappa shape index (κ3) is 4.83. The fourth-order valence-electron chi connectivity index (χ4n) is 3.87. The van der Waals surface area contributed by atoms with E-state index in [1.54, 1.807) is 24.3 Å². The molecule has 2 N–H and O–H groups in total. The molecule has 7 heteroatoms. The van der Waals surface area contributed by atoms with Gasteiger partial charge in [-0.05, 0) is 49.1 Å². The molecule has 0 amide bonds. The van der Waals surface area contributed by atoms with Gasteiger partial charge >= 0.3 is 5.97 Å². The number of anilines is 1. The highest BCUT2D eigenvalue weighted by Gasteiger charge is 2.40. The van der Waals surface area contributed by atoms with Crippen molar-refractivity contribution >= 4 is 11.7 Å². The summed E-state index contributed by atoms with van der Waals surface area (Å²) in [4.78, 5) is 12.0. The number of aliphatic carboxylic acids is 1. The highest BCUT2D eigenvalue weighted by atomic mass is 19.1. The average Bonchev–Trinajstić information content (AvgIpc) is 3.59. The molecule has 0 radical (unpaired) electrons. The Bertz CT molecular complexity index is 938. The number of rotatable bonds is 9. The first-order valence-corrected chi connectivity index (χ1v) is 10.8. The monoisotopic (exact) mass is 429 g/mol. The molecule has 1 saturated carbocycles. The lowest BCUT2D eigenvalue weighted by Crippen LogP contribution is -2.50. The highest BCUT2D eigenvalue weighted by Crippen LogP contribution is 2.36. The molecule has 0 spiro atoms. The van der Waals surface area contributed by atoms with Crippen LogP contribution in [0, 0.1) is 5.82 Å². The maximum atomic E-state index is 15.1. The largest absolute Gasteiger partial charge is 0.491 e. The van der Waals surface area contributed by atoms with Gasteiger partial charge in [0, 0.05) is 37.3 Å². The Morgan fingerprint density at radius 1 is 1.23 bits per heavy atom. The van der Waals surface area contributed by atoms with Gasteiger partial charge in [-0.25, -0.2) is 9.18 Å². The minimum Gasteiger partial charge on any atom is -0.491 e. The van der Waals surface area contributed by atoms with Crippen molar-refractivity contribution in [2.45, 2.75) is 50.9 Å². The lowest BCUT2D eigenvalue weighted by molar-refractivity contribution is -0.145. The molecule has 31 heavy (non-hydrogen) atoms. The summed E-state index contributed by atoms with van der Waals surface area (Å²) in [5.41, 5.74) is 1.54. The van der Waals surface area contributed by atoms with Gasteiger partial charge in [0.25, 0.3) is 0 Å². The van der Waals surface area contributed by atoms with Crippen LogP contribution in [0.5, 0.6) is 5.75 Å². The van der Waals surface area contributed by atoms with E-state index in [1.165, 1.54) is 0 Å². The zero-order valence-corrected chi connectivity index (χ0v) is 17.7. The van der Waals surface area contributed by atoms with E-state index in [0.717, 1.165) is 18.4 Å². The second kappa shape index (κ2) is 9.24. The molecule has 4 rings (SSSR count). The summed E-state index contributed by atoms with van der Waals surface area (Å²) >= 11 is 0. The quantitative estimate of drug-likeness (QED) is 0.606. The Morgan fingerprint density at radius 3 is 2.68 bits per heavy atom. The van der Waals surface area contributed by atoms with Crippen LogP contribution in [0.25, 0.3) is 11.1 Å². The van der Waals surface area contributed by atoms with Crippen LogP contribution in [0.4, 0.5) is 10.1 Å². The summed E-state index contributed by atoms with van der Waals surface area (Å²) in [5, 5.41) is 13.1. The number of nitrogens with one attached hydrogen (secondary N) is 1. The van der Waals surface area contributed by atoms with Crippen molar-refractivity contribution in [3.05, 3.63) is 47.8 Å². The fraction of sp³-hybridized carbons (Fsp3) is 0.458. The van der Waals surface area contributed by atoms with Crippen LogP contribution in [0.3, 0.4) is 0 Å². The number of hydrogen-bond acceptors (Lipinski definition) is 5. The Labute approximate surface area is 181 Å². The SMILES string of the molecule is CCOc1cccc(-c2ccc(NC3(C(=O)O)CCOCC3)cc2COC2CC2)c1F. The molecule has 2 aromatic rings. The average molecular weight is 429 g/mol. The van der Waals surface area contributed by atoms with E-state index in [2.05, 4.69) is 5.32 Å². The van der Waals surface area contributed by atoms with E-state index in [9.17, 15) is 9.90 Å². The fourth-order valence-corrected chi connectivity index (χ4v) is 3.87. The van der Waals surface area contributed by atoms with Crippen molar-refractivity contribution in [3.63, 3.8) is 0 Å². The summed E-state index contributed by atoms with van der Waals surface area (Å²) in [6.45, 7) is 3.31. The molecule has 0 aromatic heterocycles. The molecule has 0 atom stereocenters. The molecule has 0 bridgehead atoms. The van der Waals surface area contributed by atoms with Gasteiger partial charge in [0.2, 0.25) is 0 Å². The Hall–Kier alpha value is -2.64.